The second-order valence-corrected chi connectivity index (χ2v) is 7.96. The molecule has 0 aromatic heterocycles. The van der Waals surface area contributed by atoms with Gasteiger partial charge >= 0.3 is 0 Å². The van der Waals surface area contributed by atoms with E-state index < -0.39 is 41.9 Å². The SMILES string of the molecule is C#CC[C@H](N)C(=O)N[C@@H](C)C(=O)N[C@@H](C)C(=O)N[C@@H](Cc1ccc(O)cc1)C(=O)C(C)C. The topological polar surface area (TPSA) is 151 Å². The molecule has 9 nitrogen and oxygen atoms in total. The number of rotatable bonds is 11. The Morgan fingerprint density at radius 2 is 1.44 bits per heavy atom. The molecule has 0 spiro atoms. The summed E-state index contributed by atoms with van der Waals surface area (Å²) in [6, 6.07) is 2.72. The Balaban J connectivity index is 2.75. The number of nitrogens with two attached hydrogens (primary N) is 1. The first-order valence-electron chi connectivity index (χ1n) is 10.4. The summed E-state index contributed by atoms with van der Waals surface area (Å²) in [5, 5.41) is 17.1. The maximum Gasteiger partial charge on any atom is 0.242 e. The van der Waals surface area contributed by atoms with Gasteiger partial charge in [-0.05, 0) is 38.0 Å². The largest absolute Gasteiger partial charge is 0.508 e. The van der Waals surface area contributed by atoms with Gasteiger partial charge in [-0.3, -0.25) is 19.2 Å². The van der Waals surface area contributed by atoms with Crippen LogP contribution in [0.3, 0.4) is 0 Å². The first kappa shape index (κ1) is 26.7. The van der Waals surface area contributed by atoms with Crippen LogP contribution in [0.4, 0.5) is 0 Å². The summed E-state index contributed by atoms with van der Waals surface area (Å²) in [6.45, 7) is 6.40. The Kier molecular flexibility index (Phi) is 10.4. The molecule has 0 aliphatic rings. The molecule has 1 aromatic carbocycles. The molecule has 0 fully saturated rings. The lowest BCUT2D eigenvalue weighted by Gasteiger charge is -2.23. The lowest BCUT2D eigenvalue weighted by Crippen LogP contribution is -2.55. The molecule has 32 heavy (non-hydrogen) atoms. The lowest BCUT2D eigenvalue weighted by molar-refractivity contribution is -0.133. The number of carbonyl (C=O) groups excluding carboxylic acids is 4. The molecule has 9 heteroatoms. The fourth-order valence-electron chi connectivity index (χ4n) is 2.80. The van der Waals surface area contributed by atoms with Crippen molar-refractivity contribution in [2.24, 2.45) is 11.7 Å². The van der Waals surface area contributed by atoms with Crippen molar-refractivity contribution in [1.29, 1.82) is 0 Å². The Labute approximate surface area is 188 Å². The van der Waals surface area contributed by atoms with Crippen LogP contribution in [0.5, 0.6) is 5.75 Å². The second kappa shape index (κ2) is 12.5. The zero-order valence-electron chi connectivity index (χ0n) is 18.8. The van der Waals surface area contributed by atoms with Crippen molar-refractivity contribution >= 4 is 23.5 Å². The van der Waals surface area contributed by atoms with Gasteiger partial charge in [-0.15, -0.1) is 12.3 Å². The van der Waals surface area contributed by atoms with Crippen molar-refractivity contribution in [3.8, 4) is 18.1 Å². The van der Waals surface area contributed by atoms with Crippen molar-refractivity contribution in [2.75, 3.05) is 0 Å². The van der Waals surface area contributed by atoms with Crippen LogP contribution in [0, 0.1) is 18.3 Å². The average molecular weight is 445 g/mol. The van der Waals surface area contributed by atoms with Crippen LogP contribution in [0.1, 0.15) is 39.7 Å². The van der Waals surface area contributed by atoms with Gasteiger partial charge in [0.25, 0.3) is 0 Å². The van der Waals surface area contributed by atoms with Gasteiger partial charge in [0.1, 0.15) is 17.8 Å². The Morgan fingerprint density at radius 1 is 0.938 bits per heavy atom. The highest BCUT2D eigenvalue weighted by Crippen LogP contribution is 2.13. The molecule has 1 aromatic rings. The summed E-state index contributed by atoms with van der Waals surface area (Å²) in [5.74, 6) is 0.202. The van der Waals surface area contributed by atoms with Gasteiger partial charge in [0.2, 0.25) is 17.7 Å². The maximum atomic E-state index is 12.7. The van der Waals surface area contributed by atoms with Crippen molar-refractivity contribution < 1.29 is 24.3 Å². The van der Waals surface area contributed by atoms with Crippen LogP contribution >= 0.6 is 0 Å². The van der Waals surface area contributed by atoms with Crippen LogP contribution in [-0.2, 0) is 25.6 Å². The van der Waals surface area contributed by atoms with E-state index >= 15 is 0 Å². The minimum Gasteiger partial charge on any atom is -0.508 e. The fourth-order valence-corrected chi connectivity index (χ4v) is 2.80. The van der Waals surface area contributed by atoms with Crippen LogP contribution in [0.15, 0.2) is 24.3 Å². The predicted molar refractivity (Wildman–Crippen MR) is 120 cm³/mol. The monoisotopic (exact) mass is 444 g/mol. The standard InChI is InChI=1S/C23H32N4O5/c1-6-7-18(24)23(32)26-14(4)21(30)25-15(5)22(31)27-19(20(29)13(2)3)12-16-8-10-17(28)11-9-16/h1,8-11,13-15,18-19,28H,7,12,24H2,2-5H3,(H,25,30)(H,26,32)(H,27,31)/t14-,15-,18-,19-/m0/s1. The summed E-state index contributed by atoms with van der Waals surface area (Å²) in [7, 11) is 0. The number of terminal acetylenes is 1. The minimum atomic E-state index is -0.955. The molecule has 0 bridgehead atoms. The average Bonchev–Trinajstić information content (AvgIpc) is 2.73. The number of Topliss-reactive ketones (excluding diaryl/α,β-unsaturated/α-hetero) is 1. The molecular formula is C23H32N4O5. The zero-order valence-corrected chi connectivity index (χ0v) is 18.8. The van der Waals surface area contributed by atoms with E-state index in [2.05, 4.69) is 21.9 Å². The van der Waals surface area contributed by atoms with Crippen molar-refractivity contribution in [3.63, 3.8) is 0 Å². The van der Waals surface area contributed by atoms with Crippen LogP contribution < -0.4 is 21.7 Å². The number of ketones is 1. The quantitative estimate of drug-likeness (QED) is 0.303. The molecule has 0 unspecified atom stereocenters. The number of hydrogen-bond acceptors (Lipinski definition) is 6. The van der Waals surface area contributed by atoms with Crippen LogP contribution in [0.2, 0.25) is 0 Å². The third kappa shape index (κ3) is 8.40. The van der Waals surface area contributed by atoms with Gasteiger partial charge in [0.05, 0.1) is 12.1 Å². The molecule has 0 aliphatic heterocycles. The number of hydrogen-bond donors (Lipinski definition) is 5. The number of carbonyl (C=O) groups is 4. The van der Waals surface area contributed by atoms with E-state index in [9.17, 15) is 24.3 Å². The van der Waals surface area contributed by atoms with Gasteiger partial charge in [-0.2, -0.15) is 0 Å². The summed E-state index contributed by atoms with van der Waals surface area (Å²) >= 11 is 0. The predicted octanol–water partition coefficient (Wildman–Crippen LogP) is 0.00460. The van der Waals surface area contributed by atoms with E-state index in [1.807, 2.05) is 0 Å². The van der Waals surface area contributed by atoms with Gasteiger partial charge in [0.15, 0.2) is 5.78 Å². The number of phenolic OH excluding ortho intramolecular Hbond substituents is 1. The summed E-state index contributed by atoms with van der Waals surface area (Å²) in [5.41, 5.74) is 6.37. The van der Waals surface area contributed by atoms with Crippen LogP contribution in [-0.4, -0.2) is 52.8 Å². The molecule has 4 atom stereocenters. The second-order valence-electron chi connectivity index (χ2n) is 7.96. The van der Waals surface area contributed by atoms with E-state index in [0.29, 0.717) is 0 Å². The number of amides is 3. The summed E-state index contributed by atoms with van der Waals surface area (Å²) in [4.78, 5) is 49.5. The summed E-state index contributed by atoms with van der Waals surface area (Å²) in [6.07, 6.45) is 5.40. The molecular weight excluding hydrogens is 412 g/mol. The van der Waals surface area contributed by atoms with E-state index in [-0.39, 0.29) is 30.3 Å². The van der Waals surface area contributed by atoms with Gasteiger partial charge in [0, 0.05) is 12.3 Å². The normalized spacial score (nSPS) is 14.4. The van der Waals surface area contributed by atoms with Gasteiger partial charge in [-0.25, -0.2) is 0 Å². The van der Waals surface area contributed by atoms with Crippen molar-refractivity contribution in [2.45, 2.75) is 64.7 Å². The molecule has 0 radical (unpaired) electrons. The van der Waals surface area contributed by atoms with E-state index in [0.717, 1.165) is 5.56 Å². The van der Waals surface area contributed by atoms with Gasteiger partial charge < -0.3 is 26.8 Å². The van der Waals surface area contributed by atoms with Crippen molar-refractivity contribution in [3.05, 3.63) is 29.8 Å². The zero-order chi connectivity index (χ0) is 24.4. The molecule has 174 valence electrons. The van der Waals surface area contributed by atoms with Crippen LogP contribution in [0.25, 0.3) is 0 Å². The number of phenols is 1. The highest BCUT2D eigenvalue weighted by Gasteiger charge is 2.27. The lowest BCUT2D eigenvalue weighted by atomic mass is 9.95. The molecule has 0 saturated heterocycles. The number of benzene rings is 1. The highest BCUT2D eigenvalue weighted by atomic mass is 16.3. The maximum absolute atomic E-state index is 12.7. The molecule has 0 aliphatic carbocycles. The minimum absolute atomic E-state index is 0.0330. The first-order chi connectivity index (χ1) is 15.0. The highest BCUT2D eigenvalue weighted by molar-refractivity contribution is 5.95. The Hall–Kier alpha value is -3.38. The molecule has 0 saturated carbocycles. The molecule has 0 heterocycles. The van der Waals surface area contributed by atoms with E-state index in [1.54, 1.807) is 26.0 Å². The van der Waals surface area contributed by atoms with E-state index in [1.165, 1.54) is 26.0 Å². The van der Waals surface area contributed by atoms with E-state index in [4.69, 9.17) is 12.2 Å². The third-order valence-corrected chi connectivity index (χ3v) is 4.78. The molecule has 1 rings (SSSR count). The Bertz CT molecular complexity index is 860. The Morgan fingerprint density at radius 3 is 1.94 bits per heavy atom. The molecule has 6 N–H and O–H groups in total. The summed E-state index contributed by atoms with van der Waals surface area (Å²) < 4.78 is 0. The third-order valence-electron chi connectivity index (χ3n) is 4.78. The number of aromatic hydroxyl groups is 1. The first-order valence-corrected chi connectivity index (χ1v) is 10.4. The smallest absolute Gasteiger partial charge is 0.242 e. The van der Waals surface area contributed by atoms with Crippen molar-refractivity contribution in [1.82, 2.24) is 16.0 Å². The fraction of sp³-hybridized carbons (Fsp3) is 0.478. The molecule has 3 amide bonds. The number of nitrogens with one attached hydrogen (secondary N) is 3. The van der Waals surface area contributed by atoms with Gasteiger partial charge in [-0.1, -0.05) is 26.0 Å².